The van der Waals surface area contributed by atoms with Crippen molar-refractivity contribution in [3.63, 3.8) is 0 Å². The van der Waals surface area contributed by atoms with Gasteiger partial charge in [-0.2, -0.15) is 4.31 Å². The number of amides is 1. The van der Waals surface area contributed by atoms with Crippen molar-refractivity contribution in [3.8, 4) is 0 Å². The minimum Gasteiger partial charge on any atom is -0.333 e. The molecule has 0 aromatic heterocycles. The highest BCUT2D eigenvalue weighted by Crippen LogP contribution is 2.29. The van der Waals surface area contributed by atoms with Crippen molar-refractivity contribution < 1.29 is 13.2 Å². The summed E-state index contributed by atoms with van der Waals surface area (Å²) in [4.78, 5) is 14.7. The minimum atomic E-state index is -3.32. The van der Waals surface area contributed by atoms with Crippen LogP contribution in [0.5, 0.6) is 0 Å². The molecule has 1 aromatic rings. The molecule has 2 aliphatic rings. The third-order valence-corrected chi connectivity index (χ3v) is 6.70. The largest absolute Gasteiger partial charge is 0.333 e. The van der Waals surface area contributed by atoms with Gasteiger partial charge >= 0.3 is 0 Å². The Morgan fingerprint density at radius 3 is 2.52 bits per heavy atom. The summed E-state index contributed by atoms with van der Waals surface area (Å²) < 4.78 is 25.9. The van der Waals surface area contributed by atoms with Gasteiger partial charge in [0.1, 0.15) is 6.04 Å². The van der Waals surface area contributed by atoms with E-state index >= 15 is 0 Å². The van der Waals surface area contributed by atoms with Crippen LogP contribution in [0.1, 0.15) is 31.4 Å². The molecule has 1 amide bonds. The van der Waals surface area contributed by atoms with Crippen molar-refractivity contribution >= 4 is 27.5 Å². The van der Waals surface area contributed by atoms with Crippen LogP contribution >= 0.6 is 11.6 Å². The average Bonchev–Trinajstić information content (AvgIpc) is 3.02. The number of benzene rings is 1. The van der Waals surface area contributed by atoms with E-state index < -0.39 is 16.1 Å². The number of carbonyl (C=O) groups excluding carboxylic acids is 1. The quantitative estimate of drug-likeness (QED) is 0.834. The zero-order valence-electron chi connectivity index (χ0n) is 13.3. The predicted molar refractivity (Wildman–Crippen MR) is 89.4 cm³/mol. The summed E-state index contributed by atoms with van der Waals surface area (Å²) in [6.07, 6.45) is 0.592. The van der Waals surface area contributed by atoms with E-state index in [4.69, 9.17) is 11.6 Å². The zero-order valence-corrected chi connectivity index (χ0v) is 14.9. The first-order valence-corrected chi connectivity index (χ1v) is 9.84. The first-order valence-electron chi connectivity index (χ1n) is 7.85. The first-order chi connectivity index (χ1) is 10.8. The number of hydrogen-bond donors (Lipinski definition) is 0. The molecule has 0 aliphatic carbocycles. The van der Waals surface area contributed by atoms with Gasteiger partial charge in [-0.05, 0) is 35.6 Å². The van der Waals surface area contributed by atoms with Gasteiger partial charge in [0, 0.05) is 24.7 Å². The second kappa shape index (κ2) is 6.07. The number of nitrogens with zero attached hydrogens (tertiary/aromatic N) is 2. The van der Waals surface area contributed by atoms with Crippen LogP contribution in [0.4, 0.5) is 0 Å². The van der Waals surface area contributed by atoms with Crippen LogP contribution < -0.4 is 0 Å². The SMILES string of the molecule is CC(C)C(C(=O)N1Cc2ccc(Cl)cc2C1)N1CCCS1(=O)=O. The first kappa shape index (κ1) is 16.7. The number of rotatable bonds is 3. The smallest absolute Gasteiger partial charge is 0.241 e. The zero-order chi connectivity index (χ0) is 16.8. The maximum absolute atomic E-state index is 13.0. The lowest BCUT2D eigenvalue weighted by atomic mass is 10.0. The lowest BCUT2D eigenvalue weighted by Gasteiger charge is -2.31. The minimum absolute atomic E-state index is 0.0670. The molecule has 1 fully saturated rings. The van der Waals surface area contributed by atoms with E-state index in [1.165, 1.54) is 4.31 Å². The van der Waals surface area contributed by atoms with Crippen molar-refractivity contribution in [1.82, 2.24) is 9.21 Å². The summed E-state index contributed by atoms with van der Waals surface area (Å²) in [5.74, 6) is -0.0419. The number of carbonyl (C=O) groups is 1. The fourth-order valence-electron chi connectivity index (χ4n) is 3.42. The van der Waals surface area contributed by atoms with Crippen molar-refractivity contribution in [2.75, 3.05) is 12.3 Å². The van der Waals surface area contributed by atoms with Crippen LogP contribution in [0.3, 0.4) is 0 Å². The molecule has 1 unspecified atom stereocenters. The number of hydrogen-bond acceptors (Lipinski definition) is 3. The van der Waals surface area contributed by atoms with Crippen LogP contribution in [0.2, 0.25) is 5.02 Å². The van der Waals surface area contributed by atoms with Crippen LogP contribution in [-0.2, 0) is 27.9 Å². The van der Waals surface area contributed by atoms with Gasteiger partial charge in [-0.15, -0.1) is 0 Å². The van der Waals surface area contributed by atoms with E-state index in [0.717, 1.165) is 11.1 Å². The van der Waals surface area contributed by atoms with E-state index in [1.807, 2.05) is 32.0 Å². The molecule has 3 rings (SSSR count). The number of fused-ring (bicyclic) bond motifs is 1. The molecule has 0 N–H and O–H groups in total. The third kappa shape index (κ3) is 3.12. The monoisotopic (exact) mass is 356 g/mol. The van der Waals surface area contributed by atoms with Gasteiger partial charge in [-0.1, -0.05) is 31.5 Å². The molecule has 126 valence electrons. The highest BCUT2D eigenvalue weighted by atomic mass is 35.5. The maximum atomic E-state index is 13.0. The Morgan fingerprint density at radius 2 is 1.91 bits per heavy atom. The summed E-state index contributed by atoms with van der Waals surface area (Å²) in [7, 11) is -3.32. The maximum Gasteiger partial charge on any atom is 0.241 e. The Hall–Kier alpha value is -1.11. The second-order valence-corrected chi connectivity index (χ2v) is 9.05. The Kier molecular flexibility index (Phi) is 4.42. The van der Waals surface area contributed by atoms with Gasteiger partial charge in [-0.3, -0.25) is 4.79 Å². The summed E-state index contributed by atoms with van der Waals surface area (Å²) in [6, 6.07) is 5.01. The van der Waals surface area contributed by atoms with Gasteiger partial charge < -0.3 is 4.90 Å². The number of halogens is 1. The Bertz CT molecular complexity index is 733. The van der Waals surface area contributed by atoms with E-state index in [2.05, 4.69) is 0 Å². The lowest BCUT2D eigenvalue weighted by Crippen LogP contribution is -2.50. The molecule has 0 saturated carbocycles. The normalized spacial score (nSPS) is 21.7. The van der Waals surface area contributed by atoms with Crippen molar-refractivity contribution in [3.05, 3.63) is 34.3 Å². The molecular formula is C16H21ClN2O3S. The standard InChI is InChI=1S/C16H21ClN2O3S/c1-11(2)15(19-6-3-7-23(19,21)22)16(20)18-9-12-4-5-14(17)8-13(12)10-18/h4-5,8,11,15H,3,6-7,9-10H2,1-2H3. The van der Waals surface area contributed by atoms with Crippen LogP contribution in [0.15, 0.2) is 18.2 Å². The van der Waals surface area contributed by atoms with E-state index in [0.29, 0.717) is 31.1 Å². The summed E-state index contributed by atoms with van der Waals surface area (Å²) in [6.45, 7) is 5.24. The Labute approximate surface area is 142 Å². The molecular weight excluding hydrogens is 336 g/mol. The van der Waals surface area contributed by atoms with Crippen molar-refractivity contribution in [2.24, 2.45) is 5.92 Å². The summed E-state index contributed by atoms with van der Waals surface area (Å²) >= 11 is 6.01. The second-order valence-electron chi connectivity index (χ2n) is 6.58. The topological polar surface area (TPSA) is 57.7 Å². The molecule has 7 heteroatoms. The van der Waals surface area contributed by atoms with Crippen molar-refractivity contribution in [2.45, 2.75) is 39.4 Å². The fraction of sp³-hybridized carbons (Fsp3) is 0.562. The van der Waals surface area contributed by atoms with Gasteiger partial charge in [0.15, 0.2) is 0 Å². The Morgan fingerprint density at radius 1 is 1.22 bits per heavy atom. The van der Waals surface area contributed by atoms with Crippen molar-refractivity contribution in [1.29, 1.82) is 0 Å². The van der Waals surface area contributed by atoms with Gasteiger partial charge in [0.25, 0.3) is 0 Å². The van der Waals surface area contributed by atoms with E-state index in [-0.39, 0.29) is 17.6 Å². The highest BCUT2D eigenvalue weighted by molar-refractivity contribution is 7.89. The van der Waals surface area contributed by atoms with Gasteiger partial charge in [-0.25, -0.2) is 8.42 Å². The predicted octanol–water partition coefficient (Wildman–Crippen LogP) is 2.24. The lowest BCUT2D eigenvalue weighted by molar-refractivity contribution is -0.137. The molecule has 1 atom stereocenters. The number of sulfonamides is 1. The van der Waals surface area contributed by atoms with Gasteiger partial charge in [0.2, 0.25) is 15.9 Å². The highest BCUT2D eigenvalue weighted by Gasteiger charge is 2.42. The summed E-state index contributed by atoms with van der Waals surface area (Å²) in [5, 5.41) is 0.653. The average molecular weight is 357 g/mol. The molecule has 1 aromatic carbocycles. The summed E-state index contributed by atoms with van der Waals surface area (Å²) in [5.41, 5.74) is 2.12. The van der Waals surface area contributed by atoms with E-state index in [1.54, 1.807) is 4.90 Å². The fourth-order valence-corrected chi connectivity index (χ4v) is 5.43. The van der Waals surface area contributed by atoms with Crippen LogP contribution in [-0.4, -0.2) is 41.9 Å². The molecule has 5 nitrogen and oxygen atoms in total. The molecule has 23 heavy (non-hydrogen) atoms. The van der Waals surface area contributed by atoms with Gasteiger partial charge in [0.05, 0.1) is 5.75 Å². The third-order valence-electron chi connectivity index (χ3n) is 4.54. The molecule has 0 spiro atoms. The molecule has 0 radical (unpaired) electrons. The van der Waals surface area contributed by atoms with E-state index in [9.17, 15) is 13.2 Å². The molecule has 2 aliphatic heterocycles. The Balaban J connectivity index is 1.84. The molecule has 1 saturated heterocycles. The molecule has 0 bridgehead atoms. The molecule has 2 heterocycles. The van der Waals surface area contributed by atoms with Crippen LogP contribution in [0, 0.1) is 5.92 Å². The van der Waals surface area contributed by atoms with Crippen LogP contribution in [0.25, 0.3) is 0 Å².